The Hall–Kier alpha value is -2.70. The molecular weight excluding hydrogens is 369 g/mol. The summed E-state index contributed by atoms with van der Waals surface area (Å²) >= 11 is 0. The van der Waals surface area contributed by atoms with Gasteiger partial charge in [-0.1, -0.05) is 37.8 Å². The third-order valence-corrected chi connectivity index (χ3v) is 5.87. The van der Waals surface area contributed by atoms with Gasteiger partial charge in [-0.3, -0.25) is 4.79 Å². The normalized spacial score (nSPS) is 18.4. The van der Waals surface area contributed by atoms with Crippen molar-refractivity contribution in [2.24, 2.45) is 0 Å². The second kappa shape index (κ2) is 9.20. The van der Waals surface area contributed by atoms with Crippen molar-refractivity contribution >= 4 is 17.4 Å². The molecule has 0 atom stereocenters. The molecule has 6 nitrogen and oxygen atoms in total. The summed E-state index contributed by atoms with van der Waals surface area (Å²) in [6, 6.07) is 10.7. The lowest BCUT2D eigenvalue weighted by Crippen LogP contribution is -2.47. The summed E-state index contributed by atoms with van der Waals surface area (Å²) in [5.74, 6) is 0.425. The van der Waals surface area contributed by atoms with Crippen LogP contribution >= 0.6 is 0 Å². The van der Waals surface area contributed by atoms with Crippen molar-refractivity contribution in [3.63, 3.8) is 0 Å². The number of carbonyl (C=O) groups is 1. The second-order valence-corrected chi connectivity index (χ2v) is 7.86. The summed E-state index contributed by atoms with van der Waals surface area (Å²) in [7, 11) is 0. The van der Waals surface area contributed by atoms with E-state index in [4.69, 9.17) is 0 Å². The number of amides is 1. The smallest absolute Gasteiger partial charge is 0.272 e. The van der Waals surface area contributed by atoms with Crippen LogP contribution in [0.15, 0.2) is 36.4 Å². The van der Waals surface area contributed by atoms with Gasteiger partial charge in [0, 0.05) is 32.2 Å². The first-order chi connectivity index (χ1) is 14.2. The fraction of sp³-hybridized carbons (Fsp3) is 0.500. The van der Waals surface area contributed by atoms with Crippen molar-refractivity contribution in [1.82, 2.24) is 15.5 Å². The van der Waals surface area contributed by atoms with Gasteiger partial charge in [-0.25, -0.2) is 4.39 Å². The van der Waals surface area contributed by atoms with Gasteiger partial charge in [0.1, 0.15) is 5.82 Å². The van der Waals surface area contributed by atoms with Crippen LogP contribution < -0.4 is 15.1 Å². The average Bonchev–Trinajstić information content (AvgIpc) is 3.03. The average molecular weight is 397 g/mol. The molecule has 1 saturated heterocycles. The summed E-state index contributed by atoms with van der Waals surface area (Å²) in [6.07, 6.45) is 6.95. The maximum absolute atomic E-state index is 14.0. The molecule has 0 unspecified atom stereocenters. The lowest BCUT2D eigenvalue weighted by atomic mass is 10.1. The van der Waals surface area contributed by atoms with Crippen molar-refractivity contribution in [1.29, 1.82) is 0 Å². The van der Waals surface area contributed by atoms with Gasteiger partial charge in [0.15, 0.2) is 11.5 Å². The van der Waals surface area contributed by atoms with Crippen molar-refractivity contribution in [2.45, 2.75) is 44.6 Å². The number of para-hydroxylation sites is 1. The van der Waals surface area contributed by atoms with E-state index in [0.717, 1.165) is 31.7 Å². The molecule has 29 heavy (non-hydrogen) atoms. The van der Waals surface area contributed by atoms with Crippen molar-refractivity contribution in [3.05, 3.63) is 47.9 Å². The zero-order valence-corrected chi connectivity index (χ0v) is 16.7. The SMILES string of the molecule is O=C(NC1CCCCCC1)c1ccc(N2CCN(c3ccccc3F)CC2)nn1. The van der Waals surface area contributed by atoms with Crippen molar-refractivity contribution < 1.29 is 9.18 Å². The summed E-state index contributed by atoms with van der Waals surface area (Å²) in [6.45, 7) is 2.90. The number of piperazine rings is 1. The number of anilines is 2. The van der Waals surface area contributed by atoms with Gasteiger partial charge in [0.2, 0.25) is 0 Å². The number of nitrogens with zero attached hydrogens (tertiary/aromatic N) is 4. The van der Waals surface area contributed by atoms with Crippen LogP contribution in [0.5, 0.6) is 0 Å². The highest BCUT2D eigenvalue weighted by Crippen LogP contribution is 2.22. The summed E-state index contributed by atoms with van der Waals surface area (Å²) in [4.78, 5) is 16.6. The molecule has 1 N–H and O–H groups in total. The van der Waals surface area contributed by atoms with Gasteiger partial charge in [-0.2, -0.15) is 0 Å². The van der Waals surface area contributed by atoms with Gasteiger partial charge in [-0.05, 0) is 37.1 Å². The summed E-state index contributed by atoms with van der Waals surface area (Å²) in [5, 5.41) is 11.5. The fourth-order valence-electron chi connectivity index (χ4n) is 4.18. The van der Waals surface area contributed by atoms with Crippen LogP contribution in [0.3, 0.4) is 0 Å². The number of aromatic nitrogens is 2. The zero-order chi connectivity index (χ0) is 20.1. The number of rotatable bonds is 4. The minimum atomic E-state index is -0.190. The van der Waals surface area contributed by atoms with Crippen LogP contribution in [0, 0.1) is 5.82 Å². The molecule has 1 aliphatic heterocycles. The zero-order valence-electron chi connectivity index (χ0n) is 16.7. The van der Waals surface area contributed by atoms with Gasteiger partial charge in [0.05, 0.1) is 5.69 Å². The molecule has 2 aromatic rings. The van der Waals surface area contributed by atoms with Crippen LogP contribution in [-0.4, -0.2) is 48.3 Å². The third-order valence-electron chi connectivity index (χ3n) is 5.87. The first-order valence-electron chi connectivity index (χ1n) is 10.6. The first-order valence-corrected chi connectivity index (χ1v) is 10.6. The van der Waals surface area contributed by atoms with E-state index in [1.54, 1.807) is 12.1 Å². The van der Waals surface area contributed by atoms with E-state index < -0.39 is 0 Å². The Labute approximate surface area is 171 Å². The molecule has 154 valence electrons. The summed E-state index contributed by atoms with van der Waals surface area (Å²) in [5.41, 5.74) is 1.01. The van der Waals surface area contributed by atoms with E-state index in [1.807, 2.05) is 23.1 Å². The Morgan fingerprint density at radius 3 is 2.24 bits per heavy atom. The third kappa shape index (κ3) is 4.83. The highest BCUT2D eigenvalue weighted by Gasteiger charge is 2.21. The maximum atomic E-state index is 14.0. The monoisotopic (exact) mass is 397 g/mol. The molecular formula is C22H28FN5O. The number of halogens is 1. The fourth-order valence-corrected chi connectivity index (χ4v) is 4.18. The Kier molecular flexibility index (Phi) is 6.22. The Morgan fingerprint density at radius 1 is 0.897 bits per heavy atom. The highest BCUT2D eigenvalue weighted by atomic mass is 19.1. The molecule has 0 spiro atoms. The van der Waals surface area contributed by atoms with Crippen molar-refractivity contribution in [3.8, 4) is 0 Å². The minimum absolute atomic E-state index is 0.139. The predicted octanol–water partition coefficient (Wildman–Crippen LogP) is 3.39. The van der Waals surface area contributed by atoms with Gasteiger partial charge in [0.25, 0.3) is 5.91 Å². The molecule has 1 aromatic heterocycles. The molecule has 4 rings (SSSR count). The molecule has 2 heterocycles. The molecule has 0 radical (unpaired) electrons. The van der Waals surface area contributed by atoms with E-state index >= 15 is 0 Å². The van der Waals surface area contributed by atoms with Gasteiger partial charge < -0.3 is 15.1 Å². The van der Waals surface area contributed by atoms with E-state index in [-0.39, 0.29) is 17.8 Å². The topological polar surface area (TPSA) is 61.4 Å². The lowest BCUT2D eigenvalue weighted by Gasteiger charge is -2.36. The quantitative estimate of drug-likeness (QED) is 0.802. The molecule has 1 saturated carbocycles. The van der Waals surface area contributed by atoms with Crippen LogP contribution in [0.2, 0.25) is 0 Å². The van der Waals surface area contributed by atoms with Crippen LogP contribution in [0.1, 0.15) is 49.0 Å². The largest absolute Gasteiger partial charge is 0.366 e. The highest BCUT2D eigenvalue weighted by molar-refractivity contribution is 5.92. The predicted molar refractivity (Wildman–Crippen MR) is 112 cm³/mol. The number of nitrogens with one attached hydrogen (secondary N) is 1. The molecule has 1 amide bonds. The molecule has 7 heteroatoms. The van der Waals surface area contributed by atoms with E-state index in [2.05, 4.69) is 20.4 Å². The van der Waals surface area contributed by atoms with E-state index in [1.165, 1.54) is 31.7 Å². The number of carbonyl (C=O) groups excluding carboxylic acids is 1. The second-order valence-electron chi connectivity index (χ2n) is 7.86. The first kappa shape index (κ1) is 19.6. The Balaban J connectivity index is 1.32. The maximum Gasteiger partial charge on any atom is 0.272 e. The van der Waals surface area contributed by atoms with E-state index in [0.29, 0.717) is 24.5 Å². The van der Waals surface area contributed by atoms with Crippen LogP contribution in [-0.2, 0) is 0 Å². The molecule has 1 aromatic carbocycles. The summed E-state index contributed by atoms with van der Waals surface area (Å²) < 4.78 is 14.0. The number of hydrogen-bond acceptors (Lipinski definition) is 5. The van der Waals surface area contributed by atoms with Gasteiger partial charge >= 0.3 is 0 Å². The molecule has 0 bridgehead atoms. The van der Waals surface area contributed by atoms with Crippen LogP contribution in [0.4, 0.5) is 15.9 Å². The molecule has 1 aliphatic carbocycles. The van der Waals surface area contributed by atoms with Crippen molar-refractivity contribution in [2.75, 3.05) is 36.0 Å². The number of hydrogen-bond donors (Lipinski definition) is 1. The molecule has 2 aliphatic rings. The van der Waals surface area contributed by atoms with Gasteiger partial charge in [-0.15, -0.1) is 10.2 Å². The lowest BCUT2D eigenvalue weighted by molar-refractivity contribution is 0.0927. The van der Waals surface area contributed by atoms with E-state index in [9.17, 15) is 9.18 Å². The Bertz CT molecular complexity index is 812. The van der Waals surface area contributed by atoms with Crippen LogP contribution in [0.25, 0.3) is 0 Å². The number of benzene rings is 1. The minimum Gasteiger partial charge on any atom is -0.366 e. The standard InChI is InChI=1S/C22H28FN5O/c23-18-9-5-6-10-20(18)27-13-15-28(16-14-27)21-12-11-19(25-26-21)22(29)24-17-7-3-1-2-4-8-17/h5-6,9-12,17H,1-4,7-8,13-16H2,(H,24,29). The molecule has 2 fully saturated rings. The Morgan fingerprint density at radius 2 is 1.59 bits per heavy atom.